The third-order valence-electron chi connectivity index (χ3n) is 5.23. The number of hydrogen-bond acceptors (Lipinski definition) is 5. The van der Waals surface area contributed by atoms with Crippen LogP contribution in [0.15, 0.2) is 12.1 Å². The van der Waals surface area contributed by atoms with Crippen molar-refractivity contribution in [1.82, 2.24) is 10.2 Å². The Morgan fingerprint density at radius 1 is 1.00 bits per heavy atom. The van der Waals surface area contributed by atoms with Crippen LogP contribution in [0.3, 0.4) is 0 Å². The molecule has 1 aromatic carbocycles. The van der Waals surface area contributed by atoms with Crippen LogP contribution >= 0.6 is 0 Å². The Labute approximate surface area is 138 Å². The van der Waals surface area contributed by atoms with E-state index < -0.39 is 0 Å². The molecule has 2 atom stereocenters. The van der Waals surface area contributed by atoms with Crippen molar-refractivity contribution in [1.29, 1.82) is 0 Å². The molecule has 0 spiro atoms. The predicted molar refractivity (Wildman–Crippen MR) is 90.5 cm³/mol. The van der Waals surface area contributed by atoms with Crippen LogP contribution in [0.25, 0.3) is 0 Å². The number of piperidine rings is 1. The number of nitrogens with one attached hydrogen (secondary N) is 1. The standard InChI is InChI=1S/C18H28N2O3/c1-20(15-9-13-5-6-14(10-15)19-13)11-12-7-16(21-2)18(23-4)17(8-12)22-3/h7-8,13-15,19H,5-6,9-11H2,1-4H3. The fourth-order valence-corrected chi connectivity index (χ4v) is 4.03. The van der Waals surface area contributed by atoms with E-state index in [1.165, 1.54) is 31.2 Å². The highest BCUT2D eigenvalue weighted by Gasteiger charge is 2.35. The molecule has 2 heterocycles. The van der Waals surface area contributed by atoms with Gasteiger partial charge in [0, 0.05) is 24.7 Å². The number of rotatable bonds is 6. The Balaban J connectivity index is 1.74. The molecule has 2 unspecified atom stereocenters. The summed E-state index contributed by atoms with van der Waals surface area (Å²) in [5.41, 5.74) is 1.19. The molecule has 2 fully saturated rings. The first-order valence-electron chi connectivity index (χ1n) is 8.39. The molecule has 3 rings (SSSR count). The van der Waals surface area contributed by atoms with Crippen LogP contribution in [0.5, 0.6) is 17.2 Å². The van der Waals surface area contributed by atoms with Crippen LogP contribution in [-0.2, 0) is 6.54 Å². The maximum absolute atomic E-state index is 5.46. The van der Waals surface area contributed by atoms with Gasteiger partial charge in [-0.25, -0.2) is 0 Å². The zero-order valence-corrected chi connectivity index (χ0v) is 14.6. The molecule has 2 aliphatic rings. The normalized spacial score (nSPS) is 26.4. The molecule has 2 bridgehead atoms. The lowest BCUT2D eigenvalue weighted by Gasteiger charge is -2.35. The lowest BCUT2D eigenvalue weighted by molar-refractivity contribution is 0.165. The average Bonchev–Trinajstić information content (AvgIpc) is 2.91. The average molecular weight is 320 g/mol. The van der Waals surface area contributed by atoms with E-state index in [9.17, 15) is 0 Å². The minimum atomic E-state index is 0.646. The molecule has 128 valence electrons. The Morgan fingerprint density at radius 2 is 1.57 bits per heavy atom. The third kappa shape index (κ3) is 3.40. The van der Waals surface area contributed by atoms with E-state index in [-0.39, 0.29) is 0 Å². The van der Waals surface area contributed by atoms with Crippen LogP contribution < -0.4 is 19.5 Å². The highest BCUT2D eigenvalue weighted by atomic mass is 16.5. The van der Waals surface area contributed by atoms with Crippen molar-refractivity contribution in [3.8, 4) is 17.2 Å². The second-order valence-corrected chi connectivity index (χ2v) is 6.71. The summed E-state index contributed by atoms with van der Waals surface area (Å²) in [5.74, 6) is 2.10. The summed E-state index contributed by atoms with van der Waals surface area (Å²) in [5, 5.41) is 3.71. The molecule has 0 radical (unpaired) electrons. The fraction of sp³-hybridized carbons (Fsp3) is 0.667. The topological polar surface area (TPSA) is 43.0 Å². The van der Waals surface area contributed by atoms with Crippen molar-refractivity contribution in [2.24, 2.45) is 0 Å². The van der Waals surface area contributed by atoms with Gasteiger partial charge >= 0.3 is 0 Å². The molecular formula is C18H28N2O3. The van der Waals surface area contributed by atoms with Crippen molar-refractivity contribution in [2.45, 2.75) is 50.4 Å². The fourth-order valence-electron chi connectivity index (χ4n) is 4.03. The minimum Gasteiger partial charge on any atom is -0.493 e. The van der Waals surface area contributed by atoms with Crippen molar-refractivity contribution in [3.63, 3.8) is 0 Å². The summed E-state index contributed by atoms with van der Waals surface area (Å²) in [6.07, 6.45) is 5.16. The molecule has 2 saturated heterocycles. The van der Waals surface area contributed by atoms with E-state index >= 15 is 0 Å². The summed E-state index contributed by atoms with van der Waals surface area (Å²) in [6, 6.07) is 6.16. The van der Waals surface area contributed by atoms with Gasteiger partial charge in [0.25, 0.3) is 0 Å². The second kappa shape index (κ2) is 6.97. The minimum absolute atomic E-state index is 0.646. The van der Waals surface area contributed by atoms with Crippen molar-refractivity contribution >= 4 is 0 Å². The predicted octanol–water partition coefficient (Wildman–Crippen LogP) is 2.43. The molecular weight excluding hydrogens is 292 g/mol. The van der Waals surface area contributed by atoms with Gasteiger partial charge in [0.05, 0.1) is 21.3 Å². The van der Waals surface area contributed by atoms with Gasteiger partial charge in [-0.2, -0.15) is 0 Å². The number of benzene rings is 1. The maximum atomic E-state index is 5.46. The summed E-state index contributed by atoms with van der Waals surface area (Å²) in [7, 11) is 7.18. The Kier molecular flexibility index (Phi) is 4.97. The van der Waals surface area contributed by atoms with Crippen molar-refractivity contribution in [3.05, 3.63) is 17.7 Å². The van der Waals surface area contributed by atoms with E-state index in [0.717, 1.165) is 18.0 Å². The smallest absolute Gasteiger partial charge is 0.203 e. The number of fused-ring (bicyclic) bond motifs is 2. The molecule has 0 aromatic heterocycles. The number of ether oxygens (including phenoxy) is 3. The highest BCUT2D eigenvalue weighted by molar-refractivity contribution is 5.53. The van der Waals surface area contributed by atoms with Crippen LogP contribution in [0.2, 0.25) is 0 Å². The van der Waals surface area contributed by atoms with E-state index in [4.69, 9.17) is 14.2 Å². The van der Waals surface area contributed by atoms with Crippen molar-refractivity contribution in [2.75, 3.05) is 28.4 Å². The highest BCUT2D eigenvalue weighted by Crippen LogP contribution is 2.39. The van der Waals surface area contributed by atoms with Gasteiger partial charge in [0.15, 0.2) is 11.5 Å². The quantitative estimate of drug-likeness (QED) is 0.872. The van der Waals surface area contributed by atoms with Crippen LogP contribution in [0, 0.1) is 0 Å². The molecule has 5 heteroatoms. The summed E-state index contributed by atoms with van der Waals surface area (Å²) in [6.45, 7) is 0.890. The maximum Gasteiger partial charge on any atom is 0.203 e. The van der Waals surface area contributed by atoms with Gasteiger partial charge in [-0.05, 0) is 50.4 Å². The van der Waals surface area contributed by atoms with Gasteiger partial charge in [-0.1, -0.05) is 0 Å². The van der Waals surface area contributed by atoms with Crippen LogP contribution in [0.1, 0.15) is 31.2 Å². The Hall–Kier alpha value is -1.46. The van der Waals surface area contributed by atoms with Gasteiger partial charge < -0.3 is 19.5 Å². The third-order valence-corrected chi connectivity index (χ3v) is 5.23. The van der Waals surface area contributed by atoms with Crippen LogP contribution in [0.4, 0.5) is 0 Å². The van der Waals surface area contributed by atoms with Crippen molar-refractivity contribution < 1.29 is 14.2 Å². The first kappa shape index (κ1) is 16.4. The van der Waals surface area contributed by atoms with Gasteiger partial charge in [-0.3, -0.25) is 4.90 Å². The SMILES string of the molecule is COc1cc(CN(C)C2CC3CCC(C2)N3)cc(OC)c1OC. The Bertz CT molecular complexity index is 512. The number of nitrogens with zero attached hydrogens (tertiary/aromatic N) is 1. The summed E-state index contributed by atoms with van der Waals surface area (Å²) < 4.78 is 16.3. The van der Waals surface area contributed by atoms with Crippen LogP contribution in [-0.4, -0.2) is 51.4 Å². The van der Waals surface area contributed by atoms with Gasteiger partial charge in [-0.15, -0.1) is 0 Å². The van der Waals surface area contributed by atoms with E-state index in [0.29, 0.717) is 23.9 Å². The molecule has 0 saturated carbocycles. The first-order valence-corrected chi connectivity index (χ1v) is 8.39. The Morgan fingerprint density at radius 3 is 2.04 bits per heavy atom. The lowest BCUT2D eigenvalue weighted by Crippen LogP contribution is -2.46. The zero-order valence-electron chi connectivity index (χ0n) is 14.6. The summed E-state index contributed by atoms with van der Waals surface area (Å²) in [4.78, 5) is 2.47. The lowest BCUT2D eigenvalue weighted by atomic mass is 9.98. The van der Waals surface area contributed by atoms with Gasteiger partial charge in [0.1, 0.15) is 0 Å². The molecule has 2 aliphatic heterocycles. The first-order chi connectivity index (χ1) is 11.1. The summed E-state index contributed by atoms with van der Waals surface area (Å²) >= 11 is 0. The number of methoxy groups -OCH3 is 3. The molecule has 0 aliphatic carbocycles. The van der Waals surface area contributed by atoms with E-state index in [2.05, 4.69) is 17.3 Å². The zero-order chi connectivity index (χ0) is 16.4. The number of hydrogen-bond donors (Lipinski definition) is 1. The van der Waals surface area contributed by atoms with E-state index in [1.807, 2.05) is 12.1 Å². The van der Waals surface area contributed by atoms with Gasteiger partial charge in [0.2, 0.25) is 5.75 Å². The second-order valence-electron chi connectivity index (χ2n) is 6.71. The molecule has 1 aromatic rings. The van der Waals surface area contributed by atoms with E-state index in [1.54, 1.807) is 21.3 Å². The largest absolute Gasteiger partial charge is 0.493 e. The molecule has 5 nitrogen and oxygen atoms in total. The molecule has 1 N–H and O–H groups in total. The molecule has 23 heavy (non-hydrogen) atoms. The molecule has 0 amide bonds. The monoisotopic (exact) mass is 320 g/mol.